The highest BCUT2D eigenvalue weighted by molar-refractivity contribution is 7.89. The number of sulfonamides is 1. The summed E-state index contributed by atoms with van der Waals surface area (Å²) in [6.45, 7) is 2.51. The van der Waals surface area contributed by atoms with Crippen molar-refractivity contribution in [3.63, 3.8) is 0 Å². The van der Waals surface area contributed by atoms with Gasteiger partial charge >= 0.3 is 0 Å². The van der Waals surface area contributed by atoms with Crippen molar-refractivity contribution in [2.75, 3.05) is 13.1 Å². The first kappa shape index (κ1) is 15.3. The van der Waals surface area contributed by atoms with E-state index in [9.17, 15) is 13.2 Å². The molecule has 0 saturated carbocycles. The number of halogens is 1. The Labute approximate surface area is 123 Å². The third-order valence-electron chi connectivity index (χ3n) is 3.56. The monoisotopic (exact) mass is 316 g/mol. The van der Waals surface area contributed by atoms with Gasteiger partial charge in [-0.05, 0) is 37.5 Å². The lowest BCUT2D eigenvalue weighted by Crippen LogP contribution is -2.47. The number of hydrogen-bond donors (Lipinski definition) is 1. The van der Waals surface area contributed by atoms with E-state index >= 15 is 0 Å². The van der Waals surface area contributed by atoms with Crippen LogP contribution in [0.25, 0.3) is 0 Å². The second-order valence-electron chi connectivity index (χ2n) is 5.06. The molecule has 1 amide bonds. The Morgan fingerprint density at radius 3 is 2.80 bits per heavy atom. The van der Waals surface area contributed by atoms with E-state index in [0.29, 0.717) is 30.0 Å². The first-order valence-electron chi connectivity index (χ1n) is 6.36. The molecule has 1 aromatic rings. The van der Waals surface area contributed by atoms with Gasteiger partial charge in [-0.25, -0.2) is 13.6 Å². The number of amides is 1. The van der Waals surface area contributed by atoms with Gasteiger partial charge in [0.1, 0.15) is 0 Å². The number of piperidine rings is 1. The molecule has 1 heterocycles. The molecule has 2 N–H and O–H groups in total. The van der Waals surface area contributed by atoms with Crippen molar-refractivity contribution in [1.29, 1.82) is 0 Å². The van der Waals surface area contributed by atoms with Gasteiger partial charge in [0.05, 0.1) is 5.25 Å². The predicted molar refractivity (Wildman–Crippen MR) is 78.2 cm³/mol. The zero-order chi connectivity index (χ0) is 14.9. The molecule has 1 aliphatic heterocycles. The van der Waals surface area contributed by atoms with E-state index < -0.39 is 15.3 Å². The van der Waals surface area contributed by atoms with E-state index in [4.69, 9.17) is 16.7 Å². The van der Waals surface area contributed by atoms with Gasteiger partial charge < -0.3 is 4.90 Å². The standard InChI is InChI=1S/C13H17ClN2O3S/c1-9-4-5-10(14)7-12(9)13(17)16-6-2-3-11(8-16)20(15,18)19/h4-5,7,11H,2-3,6,8H2,1H3,(H2,15,18,19). The molecule has 1 atom stereocenters. The number of nitrogens with two attached hydrogens (primary N) is 1. The van der Waals surface area contributed by atoms with Crippen molar-refractivity contribution in [3.8, 4) is 0 Å². The average molecular weight is 317 g/mol. The van der Waals surface area contributed by atoms with E-state index in [-0.39, 0.29) is 12.5 Å². The summed E-state index contributed by atoms with van der Waals surface area (Å²) in [5.41, 5.74) is 1.32. The lowest BCUT2D eigenvalue weighted by Gasteiger charge is -2.32. The number of primary sulfonamides is 1. The van der Waals surface area contributed by atoms with Crippen LogP contribution < -0.4 is 5.14 Å². The lowest BCUT2D eigenvalue weighted by atomic mass is 10.1. The summed E-state index contributed by atoms with van der Waals surface area (Å²) in [4.78, 5) is 14.0. The van der Waals surface area contributed by atoms with Gasteiger partial charge in [-0.3, -0.25) is 4.79 Å². The number of carbonyl (C=O) groups excluding carboxylic acids is 1. The quantitative estimate of drug-likeness (QED) is 0.898. The minimum atomic E-state index is -3.61. The Morgan fingerprint density at radius 2 is 2.15 bits per heavy atom. The molecule has 2 rings (SSSR count). The van der Waals surface area contributed by atoms with Gasteiger partial charge in [-0.1, -0.05) is 17.7 Å². The Morgan fingerprint density at radius 1 is 1.45 bits per heavy atom. The molecule has 1 saturated heterocycles. The molecule has 0 bridgehead atoms. The van der Waals surface area contributed by atoms with Gasteiger partial charge in [0.2, 0.25) is 10.0 Å². The molecule has 5 nitrogen and oxygen atoms in total. The Hall–Kier alpha value is -1.11. The van der Waals surface area contributed by atoms with Crippen LogP contribution >= 0.6 is 11.6 Å². The summed E-state index contributed by atoms with van der Waals surface area (Å²) in [7, 11) is -3.61. The van der Waals surface area contributed by atoms with Crippen LogP contribution in [0.15, 0.2) is 18.2 Å². The molecule has 0 aliphatic carbocycles. The molecule has 1 fully saturated rings. The number of hydrogen-bond acceptors (Lipinski definition) is 3. The Balaban J connectivity index is 2.23. The molecule has 110 valence electrons. The number of nitrogens with zero attached hydrogens (tertiary/aromatic N) is 1. The fourth-order valence-electron chi connectivity index (χ4n) is 2.39. The van der Waals surface area contributed by atoms with Crippen LogP contribution in [0.3, 0.4) is 0 Å². The summed E-state index contributed by atoms with van der Waals surface area (Å²) >= 11 is 5.91. The third-order valence-corrected chi connectivity index (χ3v) is 5.11. The summed E-state index contributed by atoms with van der Waals surface area (Å²) in [6.07, 6.45) is 1.13. The minimum absolute atomic E-state index is 0.142. The highest BCUT2D eigenvalue weighted by Gasteiger charge is 2.31. The van der Waals surface area contributed by atoms with Crippen LogP contribution in [-0.2, 0) is 10.0 Å². The number of aryl methyl sites for hydroxylation is 1. The smallest absolute Gasteiger partial charge is 0.254 e. The number of benzene rings is 1. The Kier molecular flexibility index (Phi) is 4.36. The molecule has 7 heteroatoms. The van der Waals surface area contributed by atoms with Crippen molar-refractivity contribution in [2.24, 2.45) is 5.14 Å². The van der Waals surface area contributed by atoms with E-state index in [0.717, 1.165) is 5.56 Å². The van der Waals surface area contributed by atoms with E-state index in [1.807, 2.05) is 6.92 Å². The molecule has 0 spiro atoms. The third kappa shape index (κ3) is 3.31. The zero-order valence-corrected chi connectivity index (χ0v) is 12.7. The maximum Gasteiger partial charge on any atom is 0.254 e. The fourth-order valence-corrected chi connectivity index (χ4v) is 3.44. The number of carbonyl (C=O) groups is 1. The molecule has 1 aromatic carbocycles. The average Bonchev–Trinajstić information content (AvgIpc) is 2.40. The number of likely N-dealkylation sites (tertiary alicyclic amines) is 1. The minimum Gasteiger partial charge on any atom is -0.337 e. The topological polar surface area (TPSA) is 80.5 Å². The van der Waals surface area contributed by atoms with Gasteiger partial charge in [0, 0.05) is 23.7 Å². The zero-order valence-electron chi connectivity index (χ0n) is 11.2. The van der Waals surface area contributed by atoms with E-state index in [1.165, 1.54) is 4.90 Å². The summed E-state index contributed by atoms with van der Waals surface area (Å²) in [5.74, 6) is -0.196. The van der Waals surface area contributed by atoms with Crippen LogP contribution in [0.5, 0.6) is 0 Å². The van der Waals surface area contributed by atoms with Gasteiger partial charge in [0.25, 0.3) is 5.91 Å². The van der Waals surface area contributed by atoms with E-state index in [1.54, 1.807) is 18.2 Å². The maximum absolute atomic E-state index is 12.5. The molecule has 0 radical (unpaired) electrons. The molecule has 1 aliphatic rings. The highest BCUT2D eigenvalue weighted by Crippen LogP contribution is 2.21. The number of rotatable bonds is 2. The van der Waals surface area contributed by atoms with E-state index in [2.05, 4.69) is 0 Å². The van der Waals surface area contributed by atoms with Crippen molar-refractivity contribution in [3.05, 3.63) is 34.3 Å². The molecular weight excluding hydrogens is 300 g/mol. The highest BCUT2D eigenvalue weighted by atomic mass is 35.5. The van der Waals surface area contributed by atoms with Crippen molar-refractivity contribution in [1.82, 2.24) is 4.90 Å². The van der Waals surface area contributed by atoms with Gasteiger partial charge in [-0.2, -0.15) is 0 Å². The summed E-state index contributed by atoms with van der Waals surface area (Å²) in [6, 6.07) is 5.10. The van der Waals surface area contributed by atoms with Crippen LogP contribution in [0, 0.1) is 6.92 Å². The molecular formula is C13H17ClN2O3S. The summed E-state index contributed by atoms with van der Waals surface area (Å²) < 4.78 is 22.9. The van der Waals surface area contributed by atoms with Crippen LogP contribution in [0.4, 0.5) is 0 Å². The SMILES string of the molecule is Cc1ccc(Cl)cc1C(=O)N1CCCC(S(N)(=O)=O)C1. The van der Waals surface area contributed by atoms with Crippen molar-refractivity contribution in [2.45, 2.75) is 25.0 Å². The van der Waals surface area contributed by atoms with Crippen LogP contribution in [0.1, 0.15) is 28.8 Å². The van der Waals surface area contributed by atoms with Crippen molar-refractivity contribution >= 4 is 27.5 Å². The molecule has 1 unspecified atom stereocenters. The second-order valence-corrected chi connectivity index (χ2v) is 7.34. The largest absolute Gasteiger partial charge is 0.337 e. The Bertz CT molecular complexity index is 631. The van der Waals surface area contributed by atoms with Crippen LogP contribution in [0.2, 0.25) is 5.02 Å². The molecule has 0 aromatic heterocycles. The normalized spacial score (nSPS) is 19.9. The summed E-state index contributed by atoms with van der Waals surface area (Å²) in [5, 5.41) is 4.98. The predicted octanol–water partition coefficient (Wildman–Crippen LogP) is 1.54. The van der Waals surface area contributed by atoms with Gasteiger partial charge in [0.15, 0.2) is 0 Å². The molecule has 20 heavy (non-hydrogen) atoms. The van der Waals surface area contributed by atoms with Crippen molar-refractivity contribution < 1.29 is 13.2 Å². The lowest BCUT2D eigenvalue weighted by molar-refractivity contribution is 0.0726. The first-order chi connectivity index (χ1) is 9.29. The first-order valence-corrected chi connectivity index (χ1v) is 8.35. The van der Waals surface area contributed by atoms with Crippen LogP contribution in [-0.4, -0.2) is 37.6 Å². The fraction of sp³-hybridized carbons (Fsp3) is 0.462. The maximum atomic E-state index is 12.5. The van der Waals surface area contributed by atoms with Gasteiger partial charge in [-0.15, -0.1) is 0 Å². The second kappa shape index (κ2) is 5.71.